The summed E-state index contributed by atoms with van der Waals surface area (Å²) < 4.78 is 2.24. The third-order valence-corrected chi connectivity index (χ3v) is 3.65. The number of carbonyl (C=O) groups is 1. The molecule has 0 radical (unpaired) electrons. The van der Waals surface area contributed by atoms with Crippen molar-refractivity contribution in [3.05, 3.63) is 68.5 Å². The molecule has 1 aliphatic carbocycles. The Bertz CT molecular complexity index is 884. The van der Waals surface area contributed by atoms with Crippen LogP contribution in [0.5, 0.6) is 0 Å². The summed E-state index contributed by atoms with van der Waals surface area (Å²) in [6, 6.07) is 10.3. The van der Waals surface area contributed by atoms with Gasteiger partial charge in [0.2, 0.25) is 0 Å². The number of aromatic nitrogens is 2. The maximum atomic E-state index is 12.4. The SMILES string of the molecule is N#Cc1cn(C2CC2)c(=O)n(CC(=O)c2ccccc2)c1=O. The highest BCUT2D eigenvalue weighted by Crippen LogP contribution is 2.33. The van der Waals surface area contributed by atoms with E-state index in [9.17, 15) is 14.4 Å². The summed E-state index contributed by atoms with van der Waals surface area (Å²) in [5.74, 6) is -0.336. The lowest BCUT2D eigenvalue weighted by Crippen LogP contribution is -2.42. The molecule has 0 saturated heterocycles. The standard InChI is InChI=1S/C16H13N3O3/c17-8-12-9-18(13-6-7-13)16(22)19(15(12)21)10-14(20)11-4-2-1-3-5-11/h1-5,9,13H,6-7,10H2. The number of ketones is 1. The molecule has 1 aliphatic rings. The number of hydrogen-bond acceptors (Lipinski definition) is 4. The van der Waals surface area contributed by atoms with E-state index >= 15 is 0 Å². The van der Waals surface area contributed by atoms with Crippen molar-refractivity contribution in [2.24, 2.45) is 0 Å². The van der Waals surface area contributed by atoms with Crippen LogP contribution in [0.15, 0.2) is 46.1 Å². The second-order valence-electron chi connectivity index (χ2n) is 5.26. The zero-order valence-electron chi connectivity index (χ0n) is 11.7. The quantitative estimate of drug-likeness (QED) is 0.790. The molecule has 0 bridgehead atoms. The molecule has 1 saturated carbocycles. The van der Waals surface area contributed by atoms with Crippen molar-refractivity contribution in [1.29, 1.82) is 5.26 Å². The number of Topliss-reactive ketones (excluding diaryl/α,β-unsaturated/α-hetero) is 1. The van der Waals surface area contributed by atoms with Crippen LogP contribution in [0.4, 0.5) is 0 Å². The maximum absolute atomic E-state index is 12.4. The monoisotopic (exact) mass is 295 g/mol. The van der Waals surface area contributed by atoms with Gasteiger partial charge < -0.3 is 0 Å². The van der Waals surface area contributed by atoms with Gasteiger partial charge in [0.1, 0.15) is 11.6 Å². The van der Waals surface area contributed by atoms with Crippen molar-refractivity contribution < 1.29 is 4.79 Å². The van der Waals surface area contributed by atoms with E-state index in [4.69, 9.17) is 5.26 Å². The fourth-order valence-corrected chi connectivity index (χ4v) is 2.31. The van der Waals surface area contributed by atoms with Gasteiger partial charge in [-0.25, -0.2) is 4.79 Å². The third kappa shape index (κ3) is 2.49. The van der Waals surface area contributed by atoms with Gasteiger partial charge in [0, 0.05) is 17.8 Å². The first kappa shape index (κ1) is 14.0. The number of nitrogens with zero attached hydrogens (tertiary/aromatic N) is 3. The molecule has 2 aromatic rings. The smallest absolute Gasteiger partial charge is 0.296 e. The molecule has 1 aromatic heterocycles. The molecular formula is C16H13N3O3. The van der Waals surface area contributed by atoms with Gasteiger partial charge in [-0.1, -0.05) is 30.3 Å². The van der Waals surface area contributed by atoms with Crippen LogP contribution < -0.4 is 11.2 Å². The Balaban J connectivity index is 2.05. The number of nitriles is 1. The van der Waals surface area contributed by atoms with Gasteiger partial charge >= 0.3 is 5.69 Å². The van der Waals surface area contributed by atoms with E-state index in [0.29, 0.717) is 5.56 Å². The summed E-state index contributed by atoms with van der Waals surface area (Å²) in [6.45, 7) is -0.357. The second kappa shape index (κ2) is 5.45. The predicted molar refractivity (Wildman–Crippen MR) is 78.7 cm³/mol. The molecule has 110 valence electrons. The summed E-state index contributed by atoms with van der Waals surface area (Å²) in [4.78, 5) is 36.8. The average Bonchev–Trinajstić information content (AvgIpc) is 3.37. The minimum atomic E-state index is -0.714. The van der Waals surface area contributed by atoms with Crippen LogP contribution in [0.3, 0.4) is 0 Å². The lowest BCUT2D eigenvalue weighted by molar-refractivity contribution is 0.0968. The van der Waals surface area contributed by atoms with Crippen molar-refractivity contribution in [2.45, 2.75) is 25.4 Å². The van der Waals surface area contributed by atoms with Crippen molar-refractivity contribution in [3.63, 3.8) is 0 Å². The Kier molecular flexibility index (Phi) is 3.47. The van der Waals surface area contributed by atoms with E-state index in [2.05, 4.69) is 0 Å². The van der Waals surface area contributed by atoms with Gasteiger partial charge in [-0.05, 0) is 12.8 Å². The van der Waals surface area contributed by atoms with Gasteiger partial charge in [-0.2, -0.15) is 5.26 Å². The molecule has 6 heteroatoms. The average molecular weight is 295 g/mol. The summed E-state index contributed by atoms with van der Waals surface area (Å²) >= 11 is 0. The summed E-state index contributed by atoms with van der Waals surface area (Å²) in [5.41, 5.74) is -0.939. The van der Waals surface area contributed by atoms with Crippen LogP contribution in [0.2, 0.25) is 0 Å². The van der Waals surface area contributed by atoms with E-state index in [-0.39, 0.29) is 23.9 Å². The molecule has 1 heterocycles. The number of carbonyl (C=O) groups excluding carboxylic acids is 1. The molecule has 1 aromatic carbocycles. The van der Waals surface area contributed by atoms with E-state index in [0.717, 1.165) is 17.4 Å². The fourth-order valence-electron chi connectivity index (χ4n) is 2.31. The minimum Gasteiger partial charge on any atom is -0.296 e. The number of hydrogen-bond donors (Lipinski definition) is 0. The summed E-state index contributed by atoms with van der Waals surface area (Å²) in [7, 11) is 0. The molecule has 0 spiro atoms. The van der Waals surface area contributed by atoms with Crippen molar-refractivity contribution in [1.82, 2.24) is 9.13 Å². The van der Waals surface area contributed by atoms with E-state index in [1.807, 2.05) is 0 Å². The van der Waals surface area contributed by atoms with Gasteiger partial charge in [0.15, 0.2) is 5.78 Å². The van der Waals surface area contributed by atoms with Gasteiger partial charge in [-0.15, -0.1) is 0 Å². The van der Waals surface area contributed by atoms with E-state index in [1.165, 1.54) is 10.8 Å². The van der Waals surface area contributed by atoms with Crippen LogP contribution in [-0.2, 0) is 6.54 Å². The summed E-state index contributed by atoms with van der Waals surface area (Å²) in [5, 5.41) is 9.05. The molecular weight excluding hydrogens is 282 g/mol. The lowest BCUT2D eigenvalue weighted by Gasteiger charge is -2.09. The Morgan fingerprint density at radius 1 is 1.23 bits per heavy atom. The molecule has 0 N–H and O–H groups in total. The maximum Gasteiger partial charge on any atom is 0.331 e. The van der Waals surface area contributed by atoms with E-state index < -0.39 is 11.2 Å². The van der Waals surface area contributed by atoms with E-state index in [1.54, 1.807) is 36.4 Å². The molecule has 1 fully saturated rings. The minimum absolute atomic E-state index is 0.0262. The first-order valence-corrected chi connectivity index (χ1v) is 6.96. The third-order valence-electron chi connectivity index (χ3n) is 3.65. The first-order chi connectivity index (χ1) is 10.6. The van der Waals surface area contributed by atoms with Crippen molar-refractivity contribution >= 4 is 5.78 Å². The highest BCUT2D eigenvalue weighted by molar-refractivity contribution is 5.95. The molecule has 6 nitrogen and oxygen atoms in total. The second-order valence-corrected chi connectivity index (χ2v) is 5.26. The molecule has 0 amide bonds. The normalized spacial score (nSPS) is 13.6. The highest BCUT2D eigenvalue weighted by atomic mass is 16.2. The van der Waals surface area contributed by atoms with Crippen LogP contribution in [0, 0.1) is 11.3 Å². The number of benzene rings is 1. The first-order valence-electron chi connectivity index (χ1n) is 6.96. The molecule has 0 atom stereocenters. The van der Waals surface area contributed by atoms with Crippen molar-refractivity contribution in [3.8, 4) is 6.07 Å². The zero-order valence-corrected chi connectivity index (χ0v) is 11.7. The van der Waals surface area contributed by atoms with Gasteiger partial charge in [0.25, 0.3) is 5.56 Å². The Morgan fingerprint density at radius 2 is 1.91 bits per heavy atom. The molecule has 3 rings (SSSR count). The van der Waals surface area contributed by atoms with Crippen LogP contribution in [0.25, 0.3) is 0 Å². The topological polar surface area (TPSA) is 84.9 Å². The van der Waals surface area contributed by atoms with Crippen molar-refractivity contribution in [2.75, 3.05) is 0 Å². The largest absolute Gasteiger partial charge is 0.331 e. The van der Waals surface area contributed by atoms with Gasteiger partial charge in [-0.3, -0.25) is 18.7 Å². The Morgan fingerprint density at radius 3 is 2.50 bits per heavy atom. The molecule has 22 heavy (non-hydrogen) atoms. The van der Waals surface area contributed by atoms with Crippen LogP contribution in [-0.4, -0.2) is 14.9 Å². The predicted octanol–water partition coefficient (Wildman–Crippen LogP) is 1.10. The van der Waals surface area contributed by atoms with Crippen LogP contribution >= 0.6 is 0 Å². The Labute approximate surface area is 125 Å². The Hall–Kier alpha value is -2.94. The number of rotatable bonds is 4. The molecule has 0 unspecified atom stereocenters. The highest BCUT2D eigenvalue weighted by Gasteiger charge is 2.27. The zero-order chi connectivity index (χ0) is 15.7. The lowest BCUT2D eigenvalue weighted by atomic mass is 10.1. The van der Waals surface area contributed by atoms with Crippen LogP contribution in [0.1, 0.15) is 34.8 Å². The fraction of sp³-hybridized carbons (Fsp3) is 0.250. The van der Waals surface area contributed by atoms with Gasteiger partial charge in [0.05, 0.1) is 6.54 Å². The summed E-state index contributed by atoms with van der Waals surface area (Å²) in [6.07, 6.45) is 2.98. The molecule has 0 aliphatic heterocycles.